The minimum atomic E-state index is 0.249. The Morgan fingerprint density at radius 2 is 2.06 bits per heavy atom. The molecule has 164 valence electrons. The summed E-state index contributed by atoms with van der Waals surface area (Å²) in [6.45, 7) is 3.01. The maximum Gasteiger partial charge on any atom is 0.229 e. The van der Waals surface area contributed by atoms with E-state index in [0.29, 0.717) is 17.8 Å². The van der Waals surface area contributed by atoms with Gasteiger partial charge in [-0.05, 0) is 61.4 Å². The lowest BCUT2D eigenvalue weighted by Gasteiger charge is -2.26. The number of aliphatic hydroxyl groups is 1. The van der Waals surface area contributed by atoms with Gasteiger partial charge in [0.1, 0.15) is 5.75 Å². The zero-order chi connectivity index (χ0) is 21.4. The van der Waals surface area contributed by atoms with E-state index in [1.165, 1.54) is 17.5 Å². The lowest BCUT2D eigenvalue weighted by Crippen LogP contribution is -2.26. The number of aromatic nitrogens is 4. The average Bonchev–Trinajstić information content (AvgIpc) is 3.40. The summed E-state index contributed by atoms with van der Waals surface area (Å²) in [7, 11) is 3.84. The molecule has 0 amide bonds. The van der Waals surface area contributed by atoms with Crippen LogP contribution in [0, 0.1) is 11.8 Å². The van der Waals surface area contributed by atoms with E-state index in [1.54, 1.807) is 7.11 Å². The summed E-state index contributed by atoms with van der Waals surface area (Å²) in [6, 6.07) is 4.28. The Balaban J connectivity index is 1.43. The van der Waals surface area contributed by atoms with E-state index in [-0.39, 0.29) is 6.61 Å². The van der Waals surface area contributed by atoms with Gasteiger partial charge in [-0.2, -0.15) is 10.1 Å². The summed E-state index contributed by atoms with van der Waals surface area (Å²) in [4.78, 5) is 11.6. The highest BCUT2D eigenvalue weighted by atomic mass is 16.5. The molecule has 1 aromatic carbocycles. The number of nitrogens with one attached hydrogen (secondary N) is 1. The number of hydrogen-bond acceptors (Lipinski definition) is 7. The first-order valence-corrected chi connectivity index (χ1v) is 11.1. The highest BCUT2D eigenvalue weighted by molar-refractivity contribution is 5.76. The first-order chi connectivity index (χ1) is 15.1. The minimum Gasteiger partial charge on any atom is -0.495 e. The van der Waals surface area contributed by atoms with E-state index < -0.39 is 0 Å². The van der Waals surface area contributed by atoms with E-state index in [2.05, 4.69) is 39.5 Å². The summed E-state index contributed by atoms with van der Waals surface area (Å²) in [6.07, 6.45) is 8.05. The number of nitrogens with zero attached hydrogens (tertiary/aromatic N) is 5. The monoisotopic (exact) mass is 422 g/mol. The molecule has 2 unspecified atom stereocenters. The smallest absolute Gasteiger partial charge is 0.229 e. The third-order valence-electron chi connectivity index (χ3n) is 6.81. The third-order valence-corrected chi connectivity index (χ3v) is 6.81. The first-order valence-electron chi connectivity index (χ1n) is 11.1. The summed E-state index contributed by atoms with van der Waals surface area (Å²) >= 11 is 0. The maximum absolute atomic E-state index is 9.66. The molecule has 2 atom stereocenters. The summed E-state index contributed by atoms with van der Waals surface area (Å²) < 4.78 is 7.60. The van der Waals surface area contributed by atoms with Gasteiger partial charge in [0.2, 0.25) is 5.95 Å². The number of anilines is 2. The lowest BCUT2D eigenvalue weighted by atomic mass is 9.97. The molecule has 0 radical (unpaired) electrons. The molecule has 5 rings (SSSR count). The van der Waals surface area contributed by atoms with Crippen LogP contribution in [0.3, 0.4) is 0 Å². The number of rotatable bonds is 6. The Morgan fingerprint density at radius 1 is 1.19 bits per heavy atom. The van der Waals surface area contributed by atoms with Crippen molar-refractivity contribution in [3.63, 3.8) is 0 Å². The van der Waals surface area contributed by atoms with E-state index in [4.69, 9.17) is 9.72 Å². The molecule has 8 nitrogen and oxygen atoms in total. The molecule has 1 fully saturated rings. The molecule has 0 saturated heterocycles. The zero-order valence-electron chi connectivity index (χ0n) is 18.2. The molecular weight excluding hydrogens is 392 g/mol. The maximum atomic E-state index is 9.66. The van der Waals surface area contributed by atoms with Gasteiger partial charge in [0.05, 0.1) is 24.4 Å². The largest absolute Gasteiger partial charge is 0.495 e. The molecule has 1 aliphatic heterocycles. The van der Waals surface area contributed by atoms with Crippen LogP contribution in [0.4, 0.5) is 11.6 Å². The van der Waals surface area contributed by atoms with Crippen LogP contribution >= 0.6 is 0 Å². The lowest BCUT2D eigenvalue weighted by molar-refractivity contribution is 0.183. The second-order valence-electron chi connectivity index (χ2n) is 8.87. The van der Waals surface area contributed by atoms with Gasteiger partial charge in [0, 0.05) is 32.4 Å². The molecule has 3 heterocycles. The van der Waals surface area contributed by atoms with Crippen molar-refractivity contribution in [2.45, 2.75) is 38.8 Å². The number of fused-ring (bicyclic) bond motifs is 2. The predicted molar refractivity (Wildman–Crippen MR) is 120 cm³/mol. The molecule has 2 aliphatic rings. The van der Waals surface area contributed by atoms with E-state index >= 15 is 0 Å². The normalized spacial score (nSPS) is 21.4. The van der Waals surface area contributed by atoms with Crippen LogP contribution in [0.1, 0.15) is 30.4 Å². The van der Waals surface area contributed by atoms with E-state index in [9.17, 15) is 5.11 Å². The Morgan fingerprint density at radius 3 is 2.90 bits per heavy atom. The molecule has 3 aromatic rings. The second-order valence-corrected chi connectivity index (χ2v) is 8.87. The summed E-state index contributed by atoms with van der Waals surface area (Å²) in [5.74, 6) is 2.13. The number of methoxy groups -OCH3 is 1. The van der Waals surface area contributed by atoms with Gasteiger partial charge in [0.25, 0.3) is 0 Å². The number of ether oxygens (including phenoxy) is 1. The summed E-state index contributed by atoms with van der Waals surface area (Å²) in [5, 5.41) is 18.5. The van der Waals surface area contributed by atoms with Crippen LogP contribution in [0.25, 0.3) is 11.0 Å². The Hall–Kier alpha value is -2.71. The molecule has 0 bridgehead atoms. The topological polar surface area (TPSA) is 88.3 Å². The second kappa shape index (κ2) is 8.43. The number of aliphatic hydroxyl groups excluding tert-OH is 1. The molecule has 8 heteroatoms. The average molecular weight is 423 g/mol. The molecule has 0 spiro atoms. The molecular formula is C23H30N6O2. The number of benzene rings is 1. The van der Waals surface area contributed by atoms with Crippen molar-refractivity contribution < 1.29 is 9.84 Å². The molecule has 31 heavy (non-hydrogen) atoms. The van der Waals surface area contributed by atoms with E-state index in [1.807, 2.05) is 17.1 Å². The Kier molecular flexibility index (Phi) is 5.50. The van der Waals surface area contributed by atoms with Crippen molar-refractivity contribution in [1.82, 2.24) is 24.6 Å². The van der Waals surface area contributed by atoms with Crippen molar-refractivity contribution in [1.29, 1.82) is 0 Å². The van der Waals surface area contributed by atoms with Crippen LogP contribution in [0.2, 0.25) is 0 Å². The SMILES string of the molecule is COc1cc2c(cc1Nc1ncc3cnn(CC4CCCC4CO)c3n1)CN(C)CC2. The van der Waals surface area contributed by atoms with Gasteiger partial charge >= 0.3 is 0 Å². The fourth-order valence-electron chi connectivity index (χ4n) is 4.99. The summed E-state index contributed by atoms with van der Waals surface area (Å²) in [5.41, 5.74) is 4.33. The standard InChI is InChI=1S/C23H30N6O2/c1-28-7-6-15-9-21(31-2)20(8-18(15)12-28)26-23-24-10-19-11-25-29(22(19)27-23)13-16-4-3-5-17(16)14-30/h8-11,16-17,30H,3-7,12-14H2,1-2H3,(H,24,26,27). The van der Waals surface area contributed by atoms with Crippen molar-refractivity contribution >= 4 is 22.7 Å². The molecule has 1 saturated carbocycles. The van der Waals surface area contributed by atoms with Gasteiger partial charge in [-0.1, -0.05) is 6.42 Å². The van der Waals surface area contributed by atoms with Gasteiger partial charge in [-0.15, -0.1) is 0 Å². The molecule has 2 N–H and O–H groups in total. The van der Waals surface area contributed by atoms with Gasteiger partial charge in [-0.25, -0.2) is 9.67 Å². The van der Waals surface area contributed by atoms with E-state index in [0.717, 1.165) is 61.4 Å². The van der Waals surface area contributed by atoms with Gasteiger partial charge < -0.3 is 20.1 Å². The van der Waals surface area contributed by atoms with Gasteiger partial charge in [-0.3, -0.25) is 0 Å². The predicted octanol–water partition coefficient (Wildman–Crippen LogP) is 2.98. The Bertz CT molecular complexity index is 1080. The fourth-order valence-corrected chi connectivity index (χ4v) is 4.99. The van der Waals surface area contributed by atoms with Crippen LogP contribution in [-0.4, -0.2) is 57.1 Å². The molecule has 1 aliphatic carbocycles. The van der Waals surface area contributed by atoms with Crippen LogP contribution in [0.5, 0.6) is 5.75 Å². The number of hydrogen-bond donors (Lipinski definition) is 2. The van der Waals surface area contributed by atoms with Crippen LogP contribution < -0.4 is 10.1 Å². The fraction of sp³-hybridized carbons (Fsp3) is 0.522. The van der Waals surface area contributed by atoms with Crippen LogP contribution in [0.15, 0.2) is 24.5 Å². The Labute approximate surface area is 182 Å². The number of likely N-dealkylation sites (N-methyl/N-ethyl adjacent to an activating group) is 1. The third kappa shape index (κ3) is 3.97. The van der Waals surface area contributed by atoms with Crippen molar-refractivity contribution in [2.75, 3.05) is 32.6 Å². The first kappa shape index (κ1) is 20.2. The molecule has 2 aromatic heterocycles. The van der Waals surface area contributed by atoms with Crippen molar-refractivity contribution in [2.24, 2.45) is 11.8 Å². The zero-order valence-corrected chi connectivity index (χ0v) is 18.2. The van der Waals surface area contributed by atoms with Gasteiger partial charge in [0.15, 0.2) is 5.65 Å². The van der Waals surface area contributed by atoms with Crippen molar-refractivity contribution in [3.8, 4) is 5.75 Å². The highest BCUT2D eigenvalue weighted by Gasteiger charge is 2.27. The highest BCUT2D eigenvalue weighted by Crippen LogP contribution is 2.34. The minimum absolute atomic E-state index is 0.249. The quantitative estimate of drug-likeness (QED) is 0.631. The van der Waals surface area contributed by atoms with Crippen molar-refractivity contribution in [3.05, 3.63) is 35.7 Å². The van der Waals surface area contributed by atoms with Crippen LogP contribution in [-0.2, 0) is 19.5 Å².